The molecule has 1 aliphatic heterocycles. The van der Waals surface area contributed by atoms with Gasteiger partial charge in [-0.3, -0.25) is 4.79 Å². The van der Waals surface area contributed by atoms with Crippen molar-refractivity contribution in [3.8, 4) is 0 Å². The van der Waals surface area contributed by atoms with Crippen molar-refractivity contribution in [2.24, 2.45) is 0 Å². The second-order valence-electron chi connectivity index (χ2n) is 4.11. The lowest BCUT2D eigenvalue weighted by molar-refractivity contribution is -0.159. The summed E-state index contributed by atoms with van der Waals surface area (Å²) in [6, 6.07) is 8.80. The highest BCUT2D eigenvalue weighted by atomic mass is 16.7. The highest BCUT2D eigenvalue weighted by Crippen LogP contribution is 2.15. The lowest BCUT2D eigenvalue weighted by Crippen LogP contribution is -2.41. The second-order valence-corrected chi connectivity index (χ2v) is 4.11. The van der Waals surface area contributed by atoms with Crippen molar-refractivity contribution in [3.63, 3.8) is 0 Å². The van der Waals surface area contributed by atoms with Gasteiger partial charge in [-0.05, 0) is 5.56 Å². The van der Waals surface area contributed by atoms with Crippen LogP contribution in [0.5, 0.6) is 0 Å². The molecule has 0 aromatic heterocycles. The average Bonchev–Trinajstić information content (AvgIpc) is 2.77. The molecular formula is C13H15NO5. The van der Waals surface area contributed by atoms with Crippen LogP contribution < -0.4 is 5.32 Å². The number of esters is 1. The third kappa shape index (κ3) is 3.69. The number of carbonyl (C=O) groups excluding carboxylic acids is 2. The van der Waals surface area contributed by atoms with Gasteiger partial charge in [0.05, 0.1) is 6.42 Å². The van der Waals surface area contributed by atoms with E-state index in [1.165, 1.54) is 7.11 Å². The van der Waals surface area contributed by atoms with Crippen LogP contribution >= 0.6 is 0 Å². The molecule has 0 spiro atoms. The van der Waals surface area contributed by atoms with E-state index in [-0.39, 0.29) is 13.0 Å². The predicted octanol–water partition coefficient (Wildman–Crippen LogP) is 1.20. The van der Waals surface area contributed by atoms with Gasteiger partial charge in [0.2, 0.25) is 6.29 Å². The van der Waals surface area contributed by atoms with Crippen molar-refractivity contribution >= 4 is 12.1 Å². The fourth-order valence-electron chi connectivity index (χ4n) is 1.78. The number of amides is 1. The number of hydrogen-bond donors (Lipinski definition) is 1. The van der Waals surface area contributed by atoms with E-state index in [9.17, 15) is 9.59 Å². The van der Waals surface area contributed by atoms with Gasteiger partial charge in [-0.25, -0.2) is 4.79 Å². The van der Waals surface area contributed by atoms with Gasteiger partial charge in [0, 0.05) is 7.11 Å². The largest absolute Gasteiger partial charge is 0.445 e. The Balaban J connectivity index is 1.80. The van der Waals surface area contributed by atoms with Crippen LogP contribution in [-0.2, 0) is 25.6 Å². The van der Waals surface area contributed by atoms with Gasteiger partial charge in [0.25, 0.3) is 0 Å². The summed E-state index contributed by atoms with van der Waals surface area (Å²) >= 11 is 0. The van der Waals surface area contributed by atoms with Crippen LogP contribution in [0.3, 0.4) is 0 Å². The van der Waals surface area contributed by atoms with Gasteiger partial charge in [0.15, 0.2) is 0 Å². The topological polar surface area (TPSA) is 73.9 Å². The summed E-state index contributed by atoms with van der Waals surface area (Å²) in [6.07, 6.45) is -1.27. The lowest BCUT2D eigenvalue weighted by Gasteiger charge is -2.16. The molecule has 1 heterocycles. The molecule has 19 heavy (non-hydrogen) atoms. The van der Waals surface area contributed by atoms with Gasteiger partial charge in [-0.1, -0.05) is 30.3 Å². The van der Waals surface area contributed by atoms with Crippen LogP contribution in [0.15, 0.2) is 30.3 Å². The molecule has 2 rings (SSSR count). The van der Waals surface area contributed by atoms with E-state index >= 15 is 0 Å². The standard InChI is InChI=1S/C13H15NO5/c1-17-12-10(7-11(15)19-12)14-13(16)18-8-9-5-3-2-4-6-9/h2-6,10,12H,7-8H2,1H3,(H,14,16)/t10-,12-/m0/s1. The highest BCUT2D eigenvalue weighted by Gasteiger charge is 2.36. The molecule has 1 amide bonds. The molecule has 0 aliphatic carbocycles. The van der Waals surface area contributed by atoms with E-state index in [2.05, 4.69) is 5.32 Å². The first kappa shape index (κ1) is 13.4. The Morgan fingerprint density at radius 1 is 1.42 bits per heavy atom. The molecule has 1 aromatic carbocycles. The molecule has 0 bridgehead atoms. The summed E-state index contributed by atoms with van der Waals surface area (Å²) < 4.78 is 14.8. The molecule has 6 heteroatoms. The van der Waals surface area contributed by atoms with Gasteiger partial charge in [-0.2, -0.15) is 0 Å². The minimum Gasteiger partial charge on any atom is -0.445 e. The van der Waals surface area contributed by atoms with E-state index in [1.807, 2.05) is 30.3 Å². The number of hydrogen-bond acceptors (Lipinski definition) is 5. The zero-order valence-electron chi connectivity index (χ0n) is 10.5. The Morgan fingerprint density at radius 2 is 2.16 bits per heavy atom. The van der Waals surface area contributed by atoms with Crippen LogP contribution in [0.1, 0.15) is 12.0 Å². The van der Waals surface area contributed by atoms with Crippen LogP contribution in [-0.4, -0.2) is 31.5 Å². The molecule has 1 fully saturated rings. The van der Waals surface area contributed by atoms with Crippen molar-refractivity contribution in [1.29, 1.82) is 0 Å². The Hall–Kier alpha value is -2.08. The third-order valence-corrected chi connectivity index (χ3v) is 2.71. The molecule has 6 nitrogen and oxygen atoms in total. The molecule has 1 saturated heterocycles. The Morgan fingerprint density at radius 3 is 2.84 bits per heavy atom. The van der Waals surface area contributed by atoms with Crippen LogP contribution in [0.4, 0.5) is 4.79 Å². The Labute approximate surface area is 110 Å². The van der Waals surface area contributed by atoms with E-state index in [0.29, 0.717) is 0 Å². The molecule has 0 radical (unpaired) electrons. The summed E-state index contributed by atoms with van der Waals surface area (Å²) in [6.45, 7) is 0.172. The summed E-state index contributed by atoms with van der Waals surface area (Å²) in [5, 5.41) is 2.55. The SMILES string of the molecule is CO[C@H]1OC(=O)C[C@@H]1NC(=O)OCc1ccccc1. The first-order chi connectivity index (χ1) is 9.19. The van der Waals surface area contributed by atoms with Gasteiger partial charge in [0.1, 0.15) is 12.6 Å². The third-order valence-electron chi connectivity index (χ3n) is 2.71. The van der Waals surface area contributed by atoms with Crippen molar-refractivity contribution in [1.82, 2.24) is 5.32 Å². The molecule has 2 atom stereocenters. The zero-order valence-corrected chi connectivity index (χ0v) is 10.5. The number of methoxy groups -OCH3 is 1. The smallest absolute Gasteiger partial charge is 0.407 e. The minimum atomic E-state index is -0.753. The molecular weight excluding hydrogens is 250 g/mol. The van der Waals surface area contributed by atoms with Crippen molar-refractivity contribution in [2.45, 2.75) is 25.4 Å². The number of ether oxygens (including phenoxy) is 3. The van der Waals surface area contributed by atoms with Crippen molar-refractivity contribution < 1.29 is 23.8 Å². The lowest BCUT2D eigenvalue weighted by atomic mass is 10.2. The first-order valence-electron chi connectivity index (χ1n) is 5.88. The van der Waals surface area contributed by atoms with Crippen molar-refractivity contribution in [3.05, 3.63) is 35.9 Å². The predicted molar refractivity (Wildman–Crippen MR) is 65.1 cm³/mol. The van der Waals surface area contributed by atoms with E-state index in [0.717, 1.165) is 5.56 Å². The van der Waals surface area contributed by atoms with Gasteiger partial charge < -0.3 is 19.5 Å². The van der Waals surface area contributed by atoms with Crippen molar-refractivity contribution in [2.75, 3.05) is 7.11 Å². The second kappa shape index (κ2) is 6.19. The molecule has 102 valence electrons. The maximum absolute atomic E-state index is 11.6. The number of rotatable bonds is 4. The highest BCUT2D eigenvalue weighted by molar-refractivity contribution is 5.75. The summed E-state index contributed by atoms with van der Waals surface area (Å²) in [5.41, 5.74) is 0.889. The Bertz CT molecular complexity index is 448. The van der Waals surface area contributed by atoms with Crippen LogP contribution in [0, 0.1) is 0 Å². The molecule has 1 aliphatic rings. The summed E-state index contributed by atoms with van der Waals surface area (Å²) in [4.78, 5) is 22.7. The maximum atomic E-state index is 11.6. The van der Waals surface area contributed by atoms with E-state index in [4.69, 9.17) is 14.2 Å². The summed E-state index contributed by atoms with van der Waals surface area (Å²) in [7, 11) is 1.41. The number of cyclic esters (lactones) is 1. The van der Waals surface area contributed by atoms with Gasteiger partial charge in [-0.15, -0.1) is 0 Å². The maximum Gasteiger partial charge on any atom is 0.407 e. The number of carbonyl (C=O) groups is 2. The number of nitrogens with one attached hydrogen (secondary N) is 1. The van der Waals surface area contributed by atoms with E-state index in [1.54, 1.807) is 0 Å². The fourth-order valence-corrected chi connectivity index (χ4v) is 1.78. The molecule has 1 aromatic rings. The number of benzene rings is 1. The zero-order chi connectivity index (χ0) is 13.7. The Kier molecular flexibility index (Phi) is 4.35. The summed E-state index contributed by atoms with van der Waals surface area (Å²) in [5.74, 6) is -0.403. The molecule has 1 N–H and O–H groups in total. The average molecular weight is 265 g/mol. The minimum absolute atomic E-state index is 0.0823. The number of alkyl carbamates (subject to hydrolysis) is 1. The quantitative estimate of drug-likeness (QED) is 0.828. The normalized spacial score (nSPS) is 21.8. The van der Waals surface area contributed by atoms with E-state index < -0.39 is 24.4 Å². The molecule has 0 unspecified atom stereocenters. The van der Waals surface area contributed by atoms with Crippen LogP contribution in [0.2, 0.25) is 0 Å². The first-order valence-corrected chi connectivity index (χ1v) is 5.88. The monoisotopic (exact) mass is 265 g/mol. The van der Waals surface area contributed by atoms with Gasteiger partial charge >= 0.3 is 12.1 Å². The molecule has 0 saturated carbocycles. The van der Waals surface area contributed by atoms with Crippen LogP contribution in [0.25, 0.3) is 0 Å². The fraction of sp³-hybridized carbons (Fsp3) is 0.385.